The van der Waals surface area contributed by atoms with Gasteiger partial charge in [0.2, 0.25) is 0 Å². The number of benzene rings is 1. The summed E-state index contributed by atoms with van der Waals surface area (Å²) in [5, 5.41) is 17.3. The molecule has 2 heterocycles. The largest absolute Gasteiger partial charge is 0.282 e. The van der Waals surface area contributed by atoms with Crippen molar-refractivity contribution in [1.82, 2.24) is 14.6 Å². The maximum absolute atomic E-state index is 8.89. The molecule has 0 bridgehead atoms. The van der Waals surface area contributed by atoms with Crippen LogP contribution in [0.2, 0.25) is 0 Å². The molecule has 0 aliphatic heterocycles. The van der Waals surface area contributed by atoms with Crippen LogP contribution in [0, 0.1) is 25.2 Å². The number of nitriles is 1. The fourth-order valence-electron chi connectivity index (χ4n) is 2.12. The van der Waals surface area contributed by atoms with Crippen LogP contribution >= 0.6 is 0 Å². The Bertz CT molecular complexity index is 809. The zero-order valence-electron chi connectivity index (χ0n) is 10.8. The summed E-state index contributed by atoms with van der Waals surface area (Å²) < 4.78 is 1.91. The fraction of sp³-hybridized carbons (Fsp3) is 0.133. The summed E-state index contributed by atoms with van der Waals surface area (Å²) in [6.45, 7) is 4.11. The zero-order chi connectivity index (χ0) is 13.4. The van der Waals surface area contributed by atoms with Crippen molar-refractivity contribution in [3.8, 4) is 17.5 Å². The molecule has 0 spiro atoms. The number of pyridine rings is 1. The van der Waals surface area contributed by atoms with E-state index in [-0.39, 0.29) is 0 Å². The fourth-order valence-corrected chi connectivity index (χ4v) is 2.12. The molecule has 92 valence electrons. The Kier molecular flexibility index (Phi) is 2.53. The normalized spacial score (nSPS) is 10.6. The average molecular weight is 248 g/mol. The Morgan fingerprint density at radius 2 is 1.95 bits per heavy atom. The summed E-state index contributed by atoms with van der Waals surface area (Å²) in [5.41, 5.74) is 4.69. The molecule has 1 aromatic carbocycles. The van der Waals surface area contributed by atoms with Gasteiger partial charge in [-0.1, -0.05) is 17.7 Å². The van der Waals surface area contributed by atoms with Crippen LogP contribution in [0.4, 0.5) is 0 Å². The summed E-state index contributed by atoms with van der Waals surface area (Å²) in [7, 11) is 0. The first kappa shape index (κ1) is 11.4. The molecule has 3 rings (SSSR count). The van der Waals surface area contributed by atoms with Crippen LogP contribution in [0.15, 0.2) is 36.5 Å². The number of fused-ring (bicyclic) bond motifs is 1. The Hall–Kier alpha value is -2.67. The molecular weight excluding hydrogens is 236 g/mol. The molecule has 3 aromatic rings. The van der Waals surface area contributed by atoms with Crippen molar-refractivity contribution < 1.29 is 0 Å². The van der Waals surface area contributed by atoms with Crippen molar-refractivity contribution in [2.45, 2.75) is 13.8 Å². The minimum atomic E-state index is 0.590. The molecule has 0 radical (unpaired) electrons. The van der Waals surface area contributed by atoms with Gasteiger partial charge in [-0.2, -0.15) is 5.26 Å². The number of nitrogens with zero attached hydrogens (tertiary/aromatic N) is 4. The van der Waals surface area contributed by atoms with Gasteiger partial charge in [0.15, 0.2) is 11.5 Å². The summed E-state index contributed by atoms with van der Waals surface area (Å²) >= 11 is 0. The van der Waals surface area contributed by atoms with Gasteiger partial charge in [-0.05, 0) is 31.5 Å². The minimum Gasteiger partial charge on any atom is -0.282 e. The topological polar surface area (TPSA) is 54.0 Å². The van der Waals surface area contributed by atoms with Crippen molar-refractivity contribution in [2.75, 3.05) is 0 Å². The van der Waals surface area contributed by atoms with Gasteiger partial charge >= 0.3 is 0 Å². The highest BCUT2D eigenvalue weighted by Gasteiger charge is 2.10. The van der Waals surface area contributed by atoms with Crippen molar-refractivity contribution >= 4 is 5.65 Å². The highest BCUT2D eigenvalue weighted by molar-refractivity contribution is 5.64. The van der Waals surface area contributed by atoms with Crippen LogP contribution in [-0.2, 0) is 0 Å². The van der Waals surface area contributed by atoms with Crippen LogP contribution < -0.4 is 0 Å². The van der Waals surface area contributed by atoms with Gasteiger partial charge in [-0.3, -0.25) is 4.40 Å². The Morgan fingerprint density at radius 1 is 1.11 bits per heavy atom. The van der Waals surface area contributed by atoms with E-state index in [1.54, 1.807) is 12.1 Å². The molecule has 0 atom stereocenters. The third-order valence-electron chi connectivity index (χ3n) is 3.17. The Balaban J connectivity index is 2.26. The van der Waals surface area contributed by atoms with Gasteiger partial charge in [0.05, 0.1) is 11.6 Å². The predicted molar refractivity (Wildman–Crippen MR) is 72.6 cm³/mol. The molecule has 0 unspecified atom stereocenters. The minimum absolute atomic E-state index is 0.590. The number of aromatic nitrogens is 3. The Morgan fingerprint density at radius 3 is 2.74 bits per heavy atom. The van der Waals surface area contributed by atoms with Crippen LogP contribution in [0.25, 0.3) is 17.0 Å². The first-order chi connectivity index (χ1) is 9.19. The summed E-state index contributed by atoms with van der Waals surface area (Å²) in [4.78, 5) is 0. The van der Waals surface area contributed by atoms with E-state index >= 15 is 0 Å². The van der Waals surface area contributed by atoms with Crippen LogP contribution in [0.1, 0.15) is 16.7 Å². The lowest BCUT2D eigenvalue weighted by atomic mass is 10.1. The summed E-state index contributed by atoms with van der Waals surface area (Å²) in [6, 6.07) is 11.9. The number of hydrogen-bond acceptors (Lipinski definition) is 3. The van der Waals surface area contributed by atoms with Gasteiger partial charge in [-0.15, -0.1) is 10.2 Å². The molecule has 0 N–H and O–H groups in total. The van der Waals surface area contributed by atoms with Gasteiger partial charge in [0, 0.05) is 17.8 Å². The molecule has 4 heteroatoms. The molecule has 19 heavy (non-hydrogen) atoms. The van der Waals surface area contributed by atoms with Crippen molar-refractivity contribution in [2.24, 2.45) is 0 Å². The second-order valence-electron chi connectivity index (χ2n) is 4.60. The van der Waals surface area contributed by atoms with E-state index in [1.165, 1.54) is 5.56 Å². The van der Waals surface area contributed by atoms with E-state index in [0.717, 1.165) is 17.0 Å². The van der Waals surface area contributed by atoms with Gasteiger partial charge in [0.25, 0.3) is 0 Å². The molecule has 2 aromatic heterocycles. The maximum atomic E-state index is 8.89. The van der Waals surface area contributed by atoms with E-state index in [9.17, 15) is 0 Å². The summed E-state index contributed by atoms with van der Waals surface area (Å²) in [6.07, 6.45) is 1.84. The lowest BCUT2D eigenvalue weighted by Gasteiger charge is -2.05. The molecule has 0 saturated heterocycles. The van der Waals surface area contributed by atoms with E-state index in [0.29, 0.717) is 11.2 Å². The predicted octanol–water partition coefficient (Wildman–Crippen LogP) is 2.88. The molecule has 0 fully saturated rings. The van der Waals surface area contributed by atoms with Crippen molar-refractivity contribution in [3.63, 3.8) is 0 Å². The molecule has 0 aliphatic rings. The van der Waals surface area contributed by atoms with Crippen molar-refractivity contribution in [3.05, 3.63) is 53.2 Å². The van der Waals surface area contributed by atoms with Crippen LogP contribution in [-0.4, -0.2) is 14.6 Å². The lowest BCUT2D eigenvalue weighted by molar-refractivity contribution is 1.10. The van der Waals surface area contributed by atoms with Crippen LogP contribution in [0.5, 0.6) is 0 Å². The average Bonchev–Trinajstić information content (AvgIpc) is 2.84. The molecule has 4 nitrogen and oxygen atoms in total. The third kappa shape index (κ3) is 1.85. The van der Waals surface area contributed by atoms with Gasteiger partial charge in [-0.25, -0.2) is 0 Å². The Labute approximate surface area is 111 Å². The highest BCUT2D eigenvalue weighted by atomic mass is 15.2. The van der Waals surface area contributed by atoms with Gasteiger partial charge < -0.3 is 0 Å². The monoisotopic (exact) mass is 248 g/mol. The van der Waals surface area contributed by atoms with E-state index in [4.69, 9.17) is 5.26 Å². The SMILES string of the molecule is Cc1ccc(C)c(-c2nnc3cc(C#N)ccn23)c1. The smallest absolute Gasteiger partial charge is 0.168 e. The lowest BCUT2D eigenvalue weighted by Crippen LogP contribution is -1.92. The second-order valence-corrected chi connectivity index (χ2v) is 4.60. The molecule has 0 amide bonds. The second kappa shape index (κ2) is 4.21. The first-order valence-electron chi connectivity index (χ1n) is 6.01. The highest BCUT2D eigenvalue weighted by Crippen LogP contribution is 2.23. The molecule has 0 aliphatic carbocycles. The van der Waals surface area contributed by atoms with E-state index in [1.807, 2.05) is 10.6 Å². The van der Waals surface area contributed by atoms with Crippen molar-refractivity contribution in [1.29, 1.82) is 5.26 Å². The first-order valence-corrected chi connectivity index (χ1v) is 6.01. The van der Waals surface area contributed by atoms with E-state index in [2.05, 4.69) is 48.3 Å². The molecule has 0 saturated carbocycles. The standard InChI is InChI=1S/C15H12N4/c1-10-3-4-11(2)13(7-10)15-18-17-14-8-12(9-16)5-6-19(14)15/h3-8H,1-2H3. The van der Waals surface area contributed by atoms with Gasteiger partial charge in [0.1, 0.15) is 0 Å². The molecular formula is C15H12N4. The third-order valence-corrected chi connectivity index (χ3v) is 3.17. The number of rotatable bonds is 1. The number of aryl methyl sites for hydroxylation is 2. The quantitative estimate of drug-likeness (QED) is 0.665. The summed E-state index contributed by atoms with van der Waals surface area (Å²) in [5.74, 6) is 0.806. The zero-order valence-corrected chi connectivity index (χ0v) is 10.8. The maximum Gasteiger partial charge on any atom is 0.168 e. The number of hydrogen-bond donors (Lipinski definition) is 0. The van der Waals surface area contributed by atoms with E-state index < -0.39 is 0 Å². The van der Waals surface area contributed by atoms with Crippen LogP contribution in [0.3, 0.4) is 0 Å².